The zero-order valence-electron chi connectivity index (χ0n) is 10.2. The first-order valence-corrected chi connectivity index (χ1v) is 4.30. The molecule has 1 atom stereocenters. The molecule has 14 heavy (non-hydrogen) atoms. The zero-order chi connectivity index (χ0) is 10.3. The summed E-state index contributed by atoms with van der Waals surface area (Å²) in [6.07, 6.45) is -0.148. The fraction of sp³-hybridized carbons (Fsp3) is 0.800. The third-order valence-corrected chi connectivity index (χ3v) is 1.69. The molecule has 2 radical (unpaired) electrons. The van der Waals surface area contributed by atoms with Crippen LogP contribution in [0.5, 0.6) is 0 Å². The zero-order valence-corrected chi connectivity index (χ0v) is 19.7. The number of rotatable bonds is 1. The molecule has 0 aromatic heterocycles. The van der Waals surface area contributed by atoms with Crippen molar-refractivity contribution < 1.29 is 98.3 Å². The number of hydrogen-bond donors (Lipinski definition) is 2. The van der Waals surface area contributed by atoms with Crippen LogP contribution in [0.4, 0.5) is 0 Å². The van der Waals surface area contributed by atoms with E-state index in [1.54, 1.807) is 13.8 Å². The summed E-state index contributed by atoms with van der Waals surface area (Å²) in [5, 5.41) is 17.1. The Bertz CT molecular complexity index is 119. The van der Waals surface area contributed by atoms with Gasteiger partial charge in [0.15, 0.2) is 0 Å². The molecule has 0 bridgehead atoms. The first kappa shape index (κ1) is 25.3. The topological polar surface area (TPSA) is 40.5 Å². The molecule has 0 fully saturated rings. The van der Waals surface area contributed by atoms with E-state index >= 15 is 0 Å². The minimum atomic E-state index is -0.148. The number of aliphatic hydroxyl groups excluding tert-OH is 2. The molecule has 80 valence electrons. The van der Waals surface area contributed by atoms with Gasteiger partial charge in [0, 0.05) is 88.1 Å². The minimum Gasteiger partial charge on any atom is -0.513 e. The summed E-state index contributed by atoms with van der Waals surface area (Å²) in [4.78, 5) is 0. The molecule has 0 aliphatic rings. The maximum atomic E-state index is 8.63. The van der Waals surface area contributed by atoms with Crippen LogP contribution in [0.3, 0.4) is 0 Å². The van der Waals surface area contributed by atoms with E-state index in [0.29, 0.717) is 11.7 Å². The summed E-state index contributed by atoms with van der Waals surface area (Å²) in [6, 6.07) is 0. The largest absolute Gasteiger partial charge is 0.513 e. The van der Waals surface area contributed by atoms with Gasteiger partial charge in [0.05, 0.1) is 11.9 Å². The van der Waals surface area contributed by atoms with E-state index in [1.807, 2.05) is 27.7 Å². The second kappa shape index (κ2) is 15.4. The smallest absolute Gasteiger partial charge is 0.0878 e. The Morgan fingerprint density at radius 2 is 1.07 bits per heavy atom. The average molecular weight is 628 g/mol. The van der Waals surface area contributed by atoms with Crippen LogP contribution in [0.2, 0.25) is 0 Å². The van der Waals surface area contributed by atoms with Gasteiger partial charge in [-0.2, -0.15) is 0 Å². The van der Waals surface area contributed by atoms with Crippen LogP contribution in [0, 0.1) is 94.0 Å². The number of hydrogen-bond acceptors (Lipinski definition) is 2. The molecule has 0 rings (SSSR count). The van der Waals surface area contributed by atoms with E-state index in [0.717, 1.165) is 5.57 Å². The molecule has 0 saturated heterocycles. The van der Waals surface area contributed by atoms with Gasteiger partial charge in [0.1, 0.15) is 0 Å². The molecule has 4 heteroatoms. The van der Waals surface area contributed by atoms with Crippen LogP contribution in [-0.2, 0) is 0 Å². The Morgan fingerprint density at radius 1 is 0.929 bits per heavy atom. The predicted octanol–water partition coefficient (Wildman–Crippen LogP) is 2.88. The first-order chi connectivity index (χ1) is 5.29. The van der Waals surface area contributed by atoms with Crippen LogP contribution in [0.15, 0.2) is 11.3 Å². The fourth-order valence-electron chi connectivity index (χ4n) is 0. The molecule has 0 amide bonds. The Morgan fingerprint density at radius 3 is 1.07 bits per heavy atom. The normalized spacial score (nSPS) is 10.0. The average Bonchev–Trinajstić information content (AvgIpc) is 1.88. The molecule has 1 unspecified atom stereocenters. The van der Waals surface area contributed by atoms with Crippen molar-refractivity contribution in [1.82, 2.24) is 0 Å². The quantitative estimate of drug-likeness (QED) is 0.439. The summed E-state index contributed by atoms with van der Waals surface area (Å²) in [5.41, 5.74) is 0.981. The number of aliphatic hydroxyl groups is 2. The molecule has 0 aliphatic carbocycles. The van der Waals surface area contributed by atoms with Crippen molar-refractivity contribution in [2.24, 2.45) is 5.92 Å². The van der Waals surface area contributed by atoms with Crippen molar-refractivity contribution >= 4 is 0 Å². The van der Waals surface area contributed by atoms with Gasteiger partial charge in [-0.3, -0.25) is 0 Å². The molecular weight excluding hydrogens is 606 g/mol. The third-order valence-electron chi connectivity index (χ3n) is 1.69. The predicted molar refractivity (Wildman–Crippen MR) is 53.2 cm³/mol. The van der Waals surface area contributed by atoms with Crippen molar-refractivity contribution in [2.45, 2.75) is 47.6 Å². The second-order valence-corrected chi connectivity index (χ2v) is 3.57. The van der Waals surface area contributed by atoms with Gasteiger partial charge < -0.3 is 10.2 Å². The second-order valence-electron chi connectivity index (χ2n) is 3.57. The Hall–Kier alpha value is 2.38. The standard InChI is InChI=1S/C5H12O.C5H10O.2Ac/c2*1-4(2)5(3)6;;/h4-6H,1-3H3;6H,1-3H3;;. The molecule has 0 saturated carbocycles. The van der Waals surface area contributed by atoms with Crippen LogP contribution in [0.1, 0.15) is 41.5 Å². The van der Waals surface area contributed by atoms with E-state index in [2.05, 4.69) is 0 Å². The van der Waals surface area contributed by atoms with E-state index in [4.69, 9.17) is 10.2 Å². The maximum absolute atomic E-state index is 8.63. The molecular formula is C10H22Ac2O2. The van der Waals surface area contributed by atoms with Crippen molar-refractivity contribution in [1.29, 1.82) is 0 Å². The van der Waals surface area contributed by atoms with Gasteiger partial charge in [0.25, 0.3) is 0 Å². The molecule has 0 spiro atoms. The van der Waals surface area contributed by atoms with Crippen molar-refractivity contribution in [3.63, 3.8) is 0 Å². The SMILES string of the molecule is CC(C)=C(C)O.CC(C)C(C)O.[Ac].[Ac]. The van der Waals surface area contributed by atoms with E-state index in [1.165, 1.54) is 0 Å². The van der Waals surface area contributed by atoms with E-state index in [9.17, 15) is 0 Å². The van der Waals surface area contributed by atoms with Crippen LogP contribution >= 0.6 is 0 Å². The first-order valence-electron chi connectivity index (χ1n) is 4.30. The van der Waals surface area contributed by atoms with Crippen LogP contribution < -0.4 is 0 Å². The Labute approximate surface area is 160 Å². The summed E-state index contributed by atoms with van der Waals surface area (Å²) in [7, 11) is 0. The molecule has 2 N–H and O–H groups in total. The van der Waals surface area contributed by atoms with Gasteiger partial charge >= 0.3 is 0 Å². The third kappa shape index (κ3) is 23.9. The van der Waals surface area contributed by atoms with E-state index in [-0.39, 0.29) is 94.2 Å². The fourth-order valence-corrected chi connectivity index (χ4v) is 0. The van der Waals surface area contributed by atoms with Crippen molar-refractivity contribution in [3.8, 4) is 0 Å². The molecule has 0 heterocycles. The van der Waals surface area contributed by atoms with Gasteiger partial charge in [-0.15, -0.1) is 0 Å². The Kier molecular flexibility index (Phi) is 27.8. The van der Waals surface area contributed by atoms with E-state index < -0.39 is 0 Å². The van der Waals surface area contributed by atoms with Gasteiger partial charge in [0.2, 0.25) is 0 Å². The molecule has 0 aromatic rings. The summed E-state index contributed by atoms with van der Waals surface area (Å²) < 4.78 is 0. The van der Waals surface area contributed by atoms with Crippen LogP contribution in [0.25, 0.3) is 0 Å². The minimum absolute atomic E-state index is 0. The van der Waals surface area contributed by atoms with Crippen molar-refractivity contribution in [2.75, 3.05) is 0 Å². The number of allylic oxidation sites excluding steroid dienone is 2. The molecule has 0 aromatic carbocycles. The summed E-state index contributed by atoms with van der Waals surface area (Å²) in [6.45, 7) is 11.2. The van der Waals surface area contributed by atoms with Gasteiger partial charge in [-0.25, -0.2) is 0 Å². The summed E-state index contributed by atoms with van der Waals surface area (Å²) in [5.74, 6) is 0.833. The van der Waals surface area contributed by atoms with Gasteiger partial charge in [-0.05, 0) is 39.2 Å². The Balaban J connectivity index is -0.0000000625. The van der Waals surface area contributed by atoms with Crippen molar-refractivity contribution in [3.05, 3.63) is 11.3 Å². The van der Waals surface area contributed by atoms with Gasteiger partial charge in [-0.1, -0.05) is 13.8 Å². The molecule has 2 nitrogen and oxygen atoms in total. The monoisotopic (exact) mass is 628 g/mol. The summed E-state index contributed by atoms with van der Waals surface area (Å²) >= 11 is 0. The maximum Gasteiger partial charge on any atom is 0.0878 e. The molecule has 0 aliphatic heterocycles. The van der Waals surface area contributed by atoms with Crippen LogP contribution in [-0.4, -0.2) is 16.3 Å².